The lowest BCUT2D eigenvalue weighted by atomic mass is 9.98. The summed E-state index contributed by atoms with van der Waals surface area (Å²) in [5, 5.41) is 12.5. The smallest absolute Gasteiger partial charge is 0.272 e. The summed E-state index contributed by atoms with van der Waals surface area (Å²) in [6, 6.07) is 10.5. The minimum atomic E-state index is -0.591. The second kappa shape index (κ2) is 8.67. The molecule has 30 heavy (non-hydrogen) atoms. The Morgan fingerprint density at radius 3 is 2.70 bits per heavy atom. The summed E-state index contributed by atoms with van der Waals surface area (Å²) in [7, 11) is 0. The fourth-order valence-corrected chi connectivity index (χ4v) is 3.82. The van der Waals surface area contributed by atoms with Gasteiger partial charge in [0.15, 0.2) is 0 Å². The van der Waals surface area contributed by atoms with E-state index in [2.05, 4.69) is 9.88 Å². The van der Waals surface area contributed by atoms with Crippen LogP contribution in [0.5, 0.6) is 0 Å². The zero-order valence-corrected chi connectivity index (χ0v) is 16.4. The maximum atomic E-state index is 14.2. The van der Waals surface area contributed by atoms with Gasteiger partial charge in [-0.1, -0.05) is 12.1 Å². The Hall–Kier alpha value is -3.19. The van der Waals surface area contributed by atoms with Gasteiger partial charge < -0.3 is 0 Å². The van der Waals surface area contributed by atoms with Crippen molar-refractivity contribution in [2.24, 2.45) is 0 Å². The number of nitro benzene ring substituents is 1. The topological polar surface area (TPSA) is 59.3 Å². The molecule has 0 amide bonds. The molecule has 2 aromatic carbocycles. The van der Waals surface area contributed by atoms with Crippen LogP contribution in [0.25, 0.3) is 16.3 Å². The second-order valence-corrected chi connectivity index (χ2v) is 7.47. The minimum Gasteiger partial charge on any atom is -0.299 e. The SMILES string of the molecule is O=[N+]([O-])c1ccc(C2=CCN(CCCc3cc4ccc(F)cc4cn3)CC2)c(F)c1. The second-order valence-electron chi connectivity index (χ2n) is 7.47. The number of non-ortho nitro benzene ring substituents is 1. The molecule has 2 heterocycles. The summed E-state index contributed by atoms with van der Waals surface area (Å²) < 4.78 is 27.5. The van der Waals surface area contributed by atoms with Crippen LogP contribution in [0.15, 0.2) is 54.7 Å². The van der Waals surface area contributed by atoms with Crippen LogP contribution in [0.1, 0.15) is 24.1 Å². The van der Waals surface area contributed by atoms with Gasteiger partial charge in [-0.2, -0.15) is 0 Å². The zero-order chi connectivity index (χ0) is 21.1. The molecule has 0 radical (unpaired) electrons. The van der Waals surface area contributed by atoms with E-state index < -0.39 is 10.7 Å². The number of nitrogens with zero attached hydrogens (tertiary/aromatic N) is 3. The molecular formula is C23H21F2N3O2. The van der Waals surface area contributed by atoms with Gasteiger partial charge in [0, 0.05) is 42.0 Å². The normalized spacial score (nSPS) is 14.7. The highest BCUT2D eigenvalue weighted by molar-refractivity contribution is 5.81. The standard InChI is InChI=1S/C23H21F2N3O2/c24-19-4-3-17-13-20(26-15-18(17)12-19)2-1-9-27-10-7-16(8-11-27)22-6-5-21(28(29)30)14-23(22)25/h3-7,12-15H,1-2,8-11H2. The molecule has 1 aromatic heterocycles. The van der Waals surface area contributed by atoms with Gasteiger partial charge in [0.05, 0.1) is 11.0 Å². The van der Waals surface area contributed by atoms with E-state index in [0.717, 1.165) is 60.6 Å². The first-order valence-corrected chi connectivity index (χ1v) is 9.89. The van der Waals surface area contributed by atoms with E-state index >= 15 is 0 Å². The summed E-state index contributed by atoms with van der Waals surface area (Å²) in [6.45, 7) is 2.43. The predicted octanol–water partition coefficient (Wildman–Crippen LogP) is 5.14. The number of aryl methyl sites for hydroxylation is 1. The molecule has 0 fully saturated rings. The number of nitro groups is 1. The molecule has 4 rings (SSSR count). The first-order valence-electron chi connectivity index (χ1n) is 9.89. The fraction of sp³-hybridized carbons (Fsp3) is 0.261. The lowest BCUT2D eigenvalue weighted by molar-refractivity contribution is -0.385. The average molecular weight is 409 g/mol. The number of hydrogen-bond acceptors (Lipinski definition) is 4. The van der Waals surface area contributed by atoms with Crippen molar-refractivity contribution >= 4 is 22.0 Å². The first-order chi connectivity index (χ1) is 14.5. The van der Waals surface area contributed by atoms with Crippen LogP contribution in [-0.2, 0) is 6.42 Å². The number of aromatic nitrogens is 1. The Morgan fingerprint density at radius 2 is 1.97 bits per heavy atom. The Labute approximate surface area is 172 Å². The quantitative estimate of drug-likeness (QED) is 0.418. The van der Waals surface area contributed by atoms with E-state index in [4.69, 9.17) is 0 Å². The lowest BCUT2D eigenvalue weighted by Gasteiger charge is -2.26. The summed E-state index contributed by atoms with van der Waals surface area (Å²) in [5.74, 6) is -0.811. The van der Waals surface area contributed by atoms with Gasteiger partial charge in [-0.25, -0.2) is 8.78 Å². The molecule has 0 aliphatic carbocycles. The van der Waals surface area contributed by atoms with Gasteiger partial charge >= 0.3 is 0 Å². The minimum absolute atomic E-state index is 0.235. The predicted molar refractivity (Wildman–Crippen MR) is 112 cm³/mol. The summed E-state index contributed by atoms with van der Waals surface area (Å²) in [6.07, 6.45) is 6.18. The zero-order valence-electron chi connectivity index (χ0n) is 16.4. The van der Waals surface area contributed by atoms with Crippen LogP contribution < -0.4 is 0 Å². The van der Waals surface area contributed by atoms with Crippen molar-refractivity contribution in [3.63, 3.8) is 0 Å². The van der Waals surface area contributed by atoms with E-state index in [0.29, 0.717) is 12.0 Å². The molecule has 0 spiro atoms. The lowest BCUT2D eigenvalue weighted by Crippen LogP contribution is -2.29. The van der Waals surface area contributed by atoms with Crippen LogP contribution in [0, 0.1) is 21.7 Å². The van der Waals surface area contributed by atoms with E-state index in [1.165, 1.54) is 24.3 Å². The molecule has 0 bridgehead atoms. The van der Waals surface area contributed by atoms with Crippen molar-refractivity contribution in [2.45, 2.75) is 19.3 Å². The van der Waals surface area contributed by atoms with E-state index in [1.54, 1.807) is 12.3 Å². The molecule has 0 atom stereocenters. The number of benzene rings is 2. The first kappa shape index (κ1) is 20.1. The Morgan fingerprint density at radius 1 is 1.10 bits per heavy atom. The molecule has 0 N–H and O–H groups in total. The third-order valence-corrected chi connectivity index (χ3v) is 5.45. The number of halogens is 2. The highest BCUT2D eigenvalue weighted by Gasteiger charge is 2.17. The Kier molecular flexibility index (Phi) is 5.81. The number of hydrogen-bond donors (Lipinski definition) is 0. The number of rotatable bonds is 6. The highest BCUT2D eigenvalue weighted by atomic mass is 19.1. The maximum absolute atomic E-state index is 14.2. The Bertz CT molecular complexity index is 1130. The maximum Gasteiger partial charge on any atom is 0.272 e. The Balaban J connectivity index is 1.32. The van der Waals surface area contributed by atoms with Gasteiger partial charge in [-0.15, -0.1) is 0 Å². The average Bonchev–Trinajstić information content (AvgIpc) is 2.74. The van der Waals surface area contributed by atoms with Crippen molar-refractivity contribution in [3.05, 3.63) is 87.7 Å². The van der Waals surface area contributed by atoms with E-state index in [1.807, 2.05) is 12.1 Å². The van der Waals surface area contributed by atoms with Crippen LogP contribution in [0.4, 0.5) is 14.5 Å². The van der Waals surface area contributed by atoms with Crippen LogP contribution >= 0.6 is 0 Å². The summed E-state index contributed by atoms with van der Waals surface area (Å²) in [4.78, 5) is 16.9. The van der Waals surface area contributed by atoms with Crippen LogP contribution in [0.2, 0.25) is 0 Å². The monoisotopic (exact) mass is 409 g/mol. The van der Waals surface area contributed by atoms with Crippen LogP contribution in [-0.4, -0.2) is 34.4 Å². The van der Waals surface area contributed by atoms with Crippen molar-refractivity contribution < 1.29 is 13.7 Å². The van der Waals surface area contributed by atoms with Gasteiger partial charge in [0.1, 0.15) is 11.6 Å². The molecule has 5 nitrogen and oxygen atoms in total. The molecule has 154 valence electrons. The van der Waals surface area contributed by atoms with Gasteiger partial charge in [0.2, 0.25) is 0 Å². The molecular weight excluding hydrogens is 388 g/mol. The molecule has 0 unspecified atom stereocenters. The van der Waals surface area contributed by atoms with Crippen molar-refractivity contribution in [1.29, 1.82) is 0 Å². The third kappa shape index (κ3) is 4.52. The van der Waals surface area contributed by atoms with Crippen molar-refractivity contribution in [3.8, 4) is 0 Å². The van der Waals surface area contributed by atoms with Crippen LogP contribution in [0.3, 0.4) is 0 Å². The van der Waals surface area contributed by atoms with Gasteiger partial charge in [-0.3, -0.25) is 20.0 Å². The van der Waals surface area contributed by atoms with Crippen molar-refractivity contribution in [1.82, 2.24) is 9.88 Å². The molecule has 3 aromatic rings. The summed E-state index contributed by atoms with van der Waals surface area (Å²) in [5.41, 5.74) is 2.08. The fourth-order valence-electron chi connectivity index (χ4n) is 3.82. The van der Waals surface area contributed by atoms with Gasteiger partial charge in [0.25, 0.3) is 5.69 Å². The molecule has 1 aliphatic heterocycles. The largest absolute Gasteiger partial charge is 0.299 e. The molecule has 7 heteroatoms. The van der Waals surface area contributed by atoms with Crippen molar-refractivity contribution in [2.75, 3.05) is 19.6 Å². The molecule has 0 saturated carbocycles. The summed E-state index contributed by atoms with van der Waals surface area (Å²) >= 11 is 0. The number of pyridine rings is 1. The molecule has 0 saturated heterocycles. The molecule has 1 aliphatic rings. The van der Waals surface area contributed by atoms with E-state index in [-0.39, 0.29) is 11.5 Å². The number of fused-ring (bicyclic) bond motifs is 1. The van der Waals surface area contributed by atoms with Gasteiger partial charge in [-0.05, 0) is 61.0 Å². The van der Waals surface area contributed by atoms with E-state index in [9.17, 15) is 18.9 Å². The third-order valence-electron chi connectivity index (χ3n) is 5.45. The highest BCUT2D eigenvalue weighted by Crippen LogP contribution is 2.27.